The molecule has 0 radical (unpaired) electrons. The lowest BCUT2D eigenvalue weighted by atomic mass is 9.97. The Labute approximate surface area is 196 Å². The van der Waals surface area contributed by atoms with E-state index in [9.17, 15) is 9.18 Å². The standard InChI is InChI=1S/C23H17Cl2FN2OS2/c24-15-7-5-8-16(25)14(15)12-30-23-27-21-20(13-6-1-4-11-19(13)31-21)22(29)28(23)18-10-3-2-9-17(18)26/h2-3,5,7-10H,1,4,6,11-12H2. The quantitative estimate of drug-likeness (QED) is 0.226. The van der Waals surface area contributed by atoms with Gasteiger partial charge in [-0.3, -0.25) is 9.36 Å². The predicted molar refractivity (Wildman–Crippen MR) is 128 cm³/mol. The van der Waals surface area contributed by atoms with Gasteiger partial charge < -0.3 is 0 Å². The van der Waals surface area contributed by atoms with Crippen molar-refractivity contribution in [1.82, 2.24) is 9.55 Å². The fourth-order valence-corrected chi connectivity index (χ4v) is 6.99. The van der Waals surface area contributed by atoms with Gasteiger partial charge in [0.1, 0.15) is 10.6 Å². The van der Waals surface area contributed by atoms with Gasteiger partial charge >= 0.3 is 0 Å². The van der Waals surface area contributed by atoms with Crippen molar-refractivity contribution in [3.05, 3.63) is 84.7 Å². The smallest absolute Gasteiger partial charge is 0.267 e. The molecule has 5 rings (SSSR count). The SMILES string of the molecule is O=c1c2c3c(sc2nc(SCc2c(Cl)cccc2Cl)n1-c1ccccc1F)CCCC3. The molecular formula is C23H17Cl2FN2OS2. The lowest BCUT2D eigenvalue weighted by Crippen LogP contribution is -2.23. The summed E-state index contributed by atoms with van der Waals surface area (Å²) in [5.41, 5.74) is 1.82. The van der Waals surface area contributed by atoms with E-state index in [1.54, 1.807) is 47.7 Å². The number of thiophene rings is 1. The fourth-order valence-electron chi connectivity index (χ4n) is 3.94. The number of nitrogens with zero attached hydrogens (tertiary/aromatic N) is 2. The molecule has 158 valence electrons. The normalized spacial score (nSPS) is 13.5. The van der Waals surface area contributed by atoms with Gasteiger partial charge in [0.15, 0.2) is 5.16 Å². The summed E-state index contributed by atoms with van der Waals surface area (Å²) >= 11 is 15.6. The summed E-state index contributed by atoms with van der Waals surface area (Å²) < 4.78 is 16.2. The van der Waals surface area contributed by atoms with Crippen LogP contribution in [-0.4, -0.2) is 9.55 Å². The van der Waals surface area contributed by atoms with Crippen LogP contribution in [0.15, 0.2) is 52.4 Å². The van der Waals surface area contributed by atoms with Crippen LogP contribution in [0, 0.1) is 5.82 Å². The minimum atomic E-state index is -0.465. The zero-order valence-corrected chi connectivity index (χ0v) is 19.5. The van der Waals surface area contributed by atoms with Gasteiger partial charge in [0.05, 0.1) is 11.1 Å². The number of rotatable bonds is 4. The minimum Gasteiger partial charge on any atom is -0.268 e. The third-order valence-corrected chi connectivity index (χ3v) is 8.32. The third-order valence-electron chi connectivity index (χ3n) is 5.46. The first-order valence-electron chi connectivity index (χ1n) is 9.92. The number of fused-ring (bicyclic) bond motifs is 3. The number of benzene rings is 2. The molecule has 0 saturated carbocycles. The number of thioether (sulfide) groups is 1. The van der Waals surface area contributed by atoms with E-state index in [1.807, 2.05) is 0 Å². The first-order chi connectivity index (χ1) is 15.0. The topological polar surface area (TPSA) is 34.9 Å². The van der Waals surface area contributed by atoms with Crippen LogP contribution < -0.4 is 5.56 Å². The molecule has 1 aliphatic carbocycles. The second kappa shape index (κ2) is 8.58. The highest BCUT2D eigenvalue weighted by Crippen LogP contribution is 2.37. The minimum absolute atomic E-state index is 0.199. The number of hydrogen-bond acceptors (Lipinski definition) is 4. The van der Waals surface area contributed by atoms with Crippen LogP contribution in [-0.2, 0) is 18.6 Å². The van der Waals surface area contributed by atoms with Crippen molar-refractivity contribution in [1.29, 1.82) is 0 Å². The van der Waals surface area contributed by atoms with Crippen LogP contribution in [0.2, 0.25) is 10.0 Å². The molecule has 0 saturated heterocycles. The predicted octanol–water partition coefficient (Wildman–Crippen LogP) is 7.06. The van der Waals surface area contributed by atoms with Gasteiger partial charge in [0, 0.05) is 20.7 Å². The Balaban J connectivity index is 1.70. The Morgan fingerprint density at radius 2 is 1.81 bits per heavy atom. The fraction of sp³-hybridized carbons (Fsp3) is 0.217. The van der Waals surface area contributed by atoms with Gasteiger partial charge in [0.2, 0.25) is 0 Å². The molecule has 0 fully saturated rings. The van der Waals surface area contributed by atoms with E-state index >= 15 is 0 Å². The molecule has 8 heteroatoms. The summed E-state index contributed by atoms with van der Waals surface area (Å²) in [5.74, 6) is -0.0526. The molecule has 1 aliphatic rings. The number of aryl methyl sites for hydroxylation is 2. The number of halogens is 3. The second-order valence-corrected chi connectivity index (χ2v) is 10.2. The third kappa shape index (κ3) is 3.80. The van der Waals surface area contributed by atoms with E-state index < -0.39 is 5.82 Å². The summed E-state index contributed by atoms with van der Waals surface area (Å²) in [6, 6.07) is 11.6. The molecule has 2 heterocycles. The van der Waals surface area contributed by atoms with Gasteiger partial charge in [-0.25, -0.2) is 9.37 Å². The Hall–Kier alpha value is -1.86. The Morgan fingerprint density at radius 1 is 1.06 bits per heavy atom. The van der Waals surface area contributed by atoms with E-state index in [1.165, 1.54) is 27.3 Å². The van der Waals surface area contributed by atoms with E-state index in [0.29, 0.717) is 26.3 Å². The van der Waals surface area contributed by atoms with Crippen LogP contribution in [0.3, 0.4) is 0 Å². The van der Waals surface area contributed by atoms with Gasteiger partial charge in [-0.1, -0.05) is 53.2 Å². The Kier molecular flexibility index (Phi) is 5.82. The molecule has 0 aliphatic heterocycles. The molecule has 2 aromatic carbocycles. The summed E-state index contributed by atoms with van der Waals surface area (Å²) in [6.07, 6.45) is 4.01. The highest BCUT2D eigenvalue weighted by molar-refractivity contribution is 7.98. The molecule has 0 bridgehead atoms. The molecular weight excluding hydrogens is 474 g/mol. The zero-order chi connectivity index (χ0) is 21.5. The maximum atomic E-state index is 14.8. The monoisotopic (exact) mass is 490 g/mol. The van der Waals surface area contributed by atoms with E-state index in [4.69, 9.17) is 28.2 Å². The summed E-state index contributed by atoms with van der Waals surface area (Å²) in [4.78, 5) is 20.4. The Morgan fingerprint density at radius 3 is 2.58 bits per heavy atom. The van der Waals surface area contributed by atoms with Crippen molar-refractivity contribution in [3.8, 4) is 5.69 Å². The van der Waals surface area contributed by atoms with Gasteiger partial charge in [-0.15, -0.1) is 11.3 Å². The molecule has 0 N–H and O–H groups in total. The summed E-state index contributed by atoms with van der Waals surface area (Å²) in [6.45, 7) is 0. The lowest BCUT2D eigenvalue weighted by Gasteiger charge is -2.14. The second-order valence-electron chi connectivity index (χ2n) is 7.37. The largest absolute Gasteiger partial charge is 0.268 e. The molecule has 0 atom stereocenters. The first kappa shape index (κ1) is 21.0. The number of hydrogen-bond donors (Lipinski definition) is 0. The van der Waals surface area contributed by atoms with Crippen molar-refractivity contribution in [3.63, 3.8) is 0 Å². The van der Waals surface area contributed by atoms with Crippen molar-refractivity contribution < 1.29 is 4.39 Å². The molecule has 0 unspecified atom stereocenters. The van der Waals surface area contributed by atoms with Crippen LogP contribution in [0.1, 0.15) is 28.8 Å². The van der Waals surface area contributed by atoms with E-state index in [-0.39, 0.29) is 11.2 Å². The number of aromatic nitrogens is 2. The zero-order valence-electron chi connectivity index (χ0n) is 16.3. The van der Waals surface area contributed by atoms with Crippen molar-refractivity contribution in [2.24, 2.45) is 0 Å². The summed E-state index contributed by atoms with van der Waals surface area (Å²) in [7, 11) is 0. The van der Waals surface area contributed by atoms with E-state index in [2.05, 4.69) is 0 Å². The highest BCUT2D eigenvalue weighted by Gasteiger charge is 2.24. The summed E-state index contributed by atoms with van der Waals surface area (Å²) in [5, 5.41) is 2.15. The maximum absolute atomic E-state index is 14.8. The van der Waals surface area contributed by atoms with Crippen LogP contribution in [0.4, 0.5) is 4.39 Å². The maximum Gasteiger partial charge on any atom is 0.267 e. The molecule has 4 aromatic rings. The molecule has 2 aromatic heterocycles. The lowest BCUT2D eigenvalue weighted by molar-refractivity contribution is 0.608. The van der Waals surface area contributed by atoms with Crippen molar-refractivity contribution in [2.45, 2.75) is 36.6 Å². The van der Waals surface area contributed by atoms with Crippen LogP contribution in [0.25, 0.3) is 15.9 Å². The molecule has 3 nitrogen and oxygen atoms in total. The molecule has 0 spiro atoms. The number of para-hydroxylation sites is 1. The average Bonchev–Trinajstić information content (AvgIpc) is 3.13. The van der Waals surface area contributed by atoms with E-state index in [0.717, 1.165) is 41.6 Å². The van der Waals surface area contributed by atoms with Gasteiger partial charge in [-0.2, -0.15) is 0 Å². The molecule has 31 heavy (non-hydrogen) atoms. The van der Waals surface area contributed by atoms with Crippen LogP contribution in [0.5, 0.6) is 0 Å². The van der Waals surface area contributed by atoms with Crippen LogP contribution >= 0.6 is 46.3 Å². The molecule has 0 amide bonds. The average molecular weight is 491 g/mol. The van der Waals surface area contributed by atoms with Crippen molar-refractivity contribution >= 4 is 56.5 Å². The highest BCUT2D eigenvalue weighted by atomic mass is 35.5. The van der Waals surface area contributed by atoms with Gasteiger partial charge in [0.25, 0.3) is 5.56 Å². The Bertz CT molecular complexity index is 1350. The van der Waals surface area contributed by atoms with Gasteiger partial charge in [-0.05, 0) is 61.1 Å². The van der Waals surface area contributed by atoms with Crippen molar-refractivity contribution in [2.75, 3.05) is 0 Å². The first-order valence-corrected chi connectivity index (χ1v) is 12.5.